The zero-order valence-electron chi connectivity index (χ0n) is 12.4. The standard InChI is InChI=1S/C13H30N2O2S/c1-5-6-7-8-9-10-13(2)14-11-12-18(16,17)15(3)4/h13-14H,5-12H2,1-4H3. The molecule has 5 heteroatoms. The lowest BCUT2D eigenvalue weighted by atomic mass is 10.1. The molecule has 0 aromatic rings. The Labute approximate surface area is 113 Å². The third-order valence-corrected chi connectivity index (χ3v) is 4.98. The summed E-state index contributed by atoms with van der Waals surface area (Å²) in [5.74, 6) is 0.181. The van der Waals surface area contributed by atoms with Gasteiger partial charge in [0, 0.05) is 26.7 Å². The normalized spacial score (nSPS) is 14.1. The Morgan fingerprint density at radius 1 is 1.11 bits per heavy atom. The molecule has 18 heavy (non-hydrogen) atoms. The molecule has 0 aliphatic heterocycles. The van der Waals surface area contributed by atoms with Gasteiger partial charge >= 0.3 is 0 Å². The lowest BCUT2D eigenvalue weighted by Gasteiger charge is -2.15. The van der Waals surface area contributed by atoms with Gasteiger partial charge in [-0.15, -0.1) is 0 Å². The Kier molecular flexibility index (Phi) is 9.68. The minimum atomic E-state index is -3.06. The highest BCUT2D eigenvalue weighted by molar-refractivity contribution is 7.89. The third kappa shape index (κ3) is 8.89. The lowest BCUT2D eigenvalue weighted by molar-refractivity contribution is 0.482. The second kappa shape index (κ2) is 9.75. The summed E-state index contributed by atoms with van der Waals surface area (Å²) in [5.41, 5.74) is 0. The summed E-state index contributed by atoms with van der Waals surface area (Å²) in [6.45, 7) is 4.88. The monoisotopic (exact) mass is 278 g/mol. The second-order valence-corrected chi connectivity index (χ2v) is 7.46. The molecular weight excluding hydrogens is 248 g/mol. The topological polar surface area (TPSA) is 49.4 Å². The van der Waals surface area contributed by atoms with Crippen LogP contribution in [0.4, 0.5) is 0 Å². The molecule has 0 aliphatic rings. The molecule has 0 radical (unpaired) electrons. The fourth-order valence-electron chi connectivity index (χ4n) is 1.77. The van der Waals surface area contributed by atoms with Crippen molar-refractivity contribution in [3.05, 3.63) is 0 Å². The van der Waals surface area contributed by atoms with Gasteiger partial charge in [-0.3, -0.25) is 0 Å². The largest absolute Gasteiger partial charge is 0.313 e. The first-order valence-electron chi connectivity index (χ1n) is 7.03. The first-order chi connectivity index (χ1) is 8.40. The van der Waals surface area contributed by atoms with Crippen molar-refractivity contribution in [3.63, 3.8) is 0 Å². The first-order valence-corrected chi connectivity index (χ1v) is 8.64. The summed E-state index contributed by atoms with van der Waals surface area (Å²) in [5, 5.41) is 3.28. The lowest BCUT2D eigenvalue weighted by Crippen LogP contribution is -2.34. The molecule has 0 aromatic carbocycles. The maximum absolute atomic E-state index is 11.5. The number of sulfonamides is 1. The minimum Gasteiger partial charge on any atom is -0.313 e. The quantitative estimate of drug-likeness (QED) is 0.590. The van der Waals surface area contributed by atoms with Crippen molar-refractivity contribution >= 4 is 10.0 Å². The third-order valence-electron chi connectivity index (χ3n) is 3.15. The summed E-state index contributed by atoms with van der Waals surface area (Å²) in [4.78, 5) is 0. The molecule has 0 aliphatic carbocycles. The number of nitrogens with zero attached hydrogens (tertiary/aromatic N) is 1. The Morgan fingerprint density at radius 2 is 1.72 bits per heavy atom. The van der Waals surface area contributed by atoms with Crippen molar-refractivity contribution in [1.82, 2.24) is 9.62 Å². The van der Waals surface area contributed by atoms with Crippen LogP contribution in [0.2, 0.25) is 0 Å². The van der Waals surface area contributed by atoms with Crippen LogP contribution in [0.5, 0.6) is 0 Å². The molecule has 0 spiro atoms. The van der Waals surface area contributed by atoms with Crippen LogP contribution >= 0.6 is 0 Å². The number of hydrogen-bond donors (Lipinski definition) is 1. The first kappa shape index (κ1) is 17.9. The van der Waals surface area contributed by atoms with Gasteiger partial charge in [0.2, 0.25) is 10.0 Å². The average molecular weight is 278 g/mol. The van der Waals surface area contributed by atoms with E-state index in [1.54, 1.807) is 14.1 Å². The molecule has 4 nitrogen and oxygen atoms in total. The van der Waals surface area contributed by atoms with Crippen molar-refractivity contribution in [2.24, 2.45) is 0 Å². The van der Waals surface area contributed by atoms with Gasteiger partial charge in [-0.05, 0) is 13.3 Å². The molecule has 1 unspecified atom stereocenters. The Balaban J connectivity index is 3.56. The maximum Gasteiger partial charge on any atom is 0.214 e. The zero-order chi connectivity index (χ0) is 14.0. The minimum absolute atomic E-state index is 0.181. The molecule has 0 rings (SSSR count). The number of rotatable bonds is 11. The molecule has 1 N–H and O–H groups in total. The van der Waals surface area contributed by atoms with Crippen molar-refractivity contribution in [3.8, 4) is 0 Å². The summed E-state index contributed by atoms with van der Waals surface area (Å²) in [6, 6.07) is 0.406. The van der Waals surface area contributed by atoms with Crippen molar-refractivity contribution in [2.45, 2.75) is 58.4 Å². The van der Waals surface area contributed by atoms with Gasteiger partial charge < -0.3 is 5.32 Å². The van der Waals surface area contributed by atoms with E-state index in [1.165, 1.54) is 36.4 Å². The molecule has 1 atom stereocenters. The van der Waals surface area contributed by atoms with Crippen molar-refractivity contribution in [1.29, 1.82) is 0 Å². The SMILES string of the molecule is CCCCCCCC(C)NCCS(=O)(=O)N(C)C. The number of nitrogens with one attached hydrogen (secondary N) is 1. The molecule has 0 saturated carbocycles. The predicted octanol–water partition coefficient (Wildman–Crippen LogP) is 2.22. The van der Waals surface area contributed by atoms with E-state index >= 15 is 0 Å². The van der Waals surface area contributed by atoms with Crippen LogP contribution in [-0.2, 0) is 10.0 Å². The van der Waals surface area contributed by atoms with E-state index in [9.17, 15) is 8.42 Å². The van der Waals surface area contributed by atoms with Crippen LogP contribution in [-0.4, -0.2) is 45.2 Å². The van der Waals surface area contributed by atoms with Gasteiger partial charge in [0.15, 0.2) is 0 Å². The molecule has 0 amide bonds. The van der Waals surface area contributed by atoms with Crippen molar-refractivity contribution in [2.75, 3.05) is 26.4 Å². The summed E-state index contributed by atoms with van der Waals surface area (Å²) in [6.07, 6.45) is 7.56. The molecular formula is C13H30N2O2S. The Hall–Kier alpha value is -0.130. The summed E-state index contributed by atoms with van der Waals surface area (Å²) < 4.78 is 24.3. The van der Waals surface area contributed by atoms with Gasteiger partial charge in [-0.1, -0.05) is 39.0 Å². The van der Waals surface area contributed by atoms with Crippen LogP contribution in [0.15, 0.2) is 0 Å². The van der Waals surface area contributed by atoms with E-state index < -0.39 is 10.0 Å². The average Bonchev–Trinajstić information content (AvgIpc) is 2.28. The van der Waals surface area contributed by atoms with Crippen LogP contribution in [0.25, 0.3) is 0 Å². The van der Waals surface area contributed by atoms with Crippen molar-refractivity contribution < 1.29 is 8.42 Å². The van der Waals surface area contributed by atoms with E-state index in [4.69, 9.17) is 0 Å². The fraction of sp³-hybridized carbons (Fsp3) is 1.00. The van der Waals surface area contributed by atoms with Gasteiger partial charge in [-0.2, -0.15) is 0 Å². The highest BCUT2D eigenvalue weighted by Gasteiger charge is 2.13. The number of hydrogen-bond acceptors (Lipinski definition) is 3. The molecule has 0 heterocycles. The molecule has 0 aromatic heterocycles. The molecule has 110 valence electrons. The smallest absolute Gasteiger partial charge is 0.214 e. The summed E-state index contributed by atoms with van der Waals surface area (Å²) >= 11 is 0. The van der Waals surface area contributed by atoms with Crippen LogP contribution < -0.4 is 5.32 Å². The Bertz CT molecular complexity index is 289. The maximum atomic E-state index is 11.5. The number of unbranched alkanes of at least 4 members (excludes halogenated alkanes) is 4. The molecule has 0 bridgehead atoms. The van der Waals surface area contributed by atoms with Gasteiger partial charge in [0.05, 0.1) is 5.75 Å². The van der Waals surface area contributed by atoms with E-state index in [0.29, 0.717) is 12.6 Å². The van der Waals surface area contributed by atoms with Crippen LogP contribution in [0.1, 0.15) is 52.4 Å². The highest BCUT2D eigenvalue weighted by atomic mass is 32.2. The van der Waals surface area contributed by atoms with Gasteiger partial charge in [0.1, 0.15) is 0 Å². The van der Waals surface area contributed by atoms with E-state index in [-0.39, 0.29) is 5.75 Å². The predicted molar refractivity (Wildman–Crippen MR) is 78.3 cm³/mol. The van der Waals surface area contributed by atoms with E-state index in [1.807, 2.05) is 0 Å². The highest BCUT2D eigenvalue weighted by Crippen LogP contribution is 2.07. The zero-order valence-corrected chi connectivity index (χ0v) is 13.2. The van der Waals surface area contributed by atoms with Gasteiger partial charge in [-0.25, -0.2) is 12.7 Å². The molecule has 0 fully saturated rings. The summed E-state index contributed by atoms with van der Waals surface area (Å²) in [7, 11) is 0.0962. The van der Waals surface area contributed by atoms with Crippen LogP contribution in [0, 0.1) is 0 Å². The van der Waals surface area contributed by atoms with Gasteiger partial charge in [0.25, 0.3) is 0 Å². The fourth-order valence-corrected chi connectivity index (χ4v) is 2.51. The van der Waals surface area contributed by atoms with E-state index in [0.717, 1.165) is 6.42 Å². The van der Waals surface area contributed by atoms with E-state index in [2.05, 4.69) is 19.2 Å². The Morgan fingerprint density at radius 3 is 2.28 bits per heavy atom. The second-order valence-electron chi connectivity index (χ2n) is 5.16. The van der Waals surface area contributed by atoms with Crippen LogP contribution in [0.3, 0.4) is 0 Å². The molecule has 0 saturated heterocycles.